The average molecular weight is 334 g/mol. The van der Waals surface area contributed by atoms with Crippen LogP contribution >= 0.6 is 0 Å². The van der Waals surface area contributed by atoms with Crippen molar-refractivity contribution in [1.82, 2.24) is 0 Å². The van der Waals surface area contributed by atoms with Crippen molar-refractivity contribution in [2.75, 3.05) is 5.43 Å². The molecule has 0 saturated heterocycles. The maximum atomic E-state index is 12.8. The van der Waals surface area contributed by atoms with E-state index in [1.165, 1.54) is 12.1 Å². The van der Waals surface area contributed by atoms with Gasteiger partial charge in [-0.2, -0.15) is 13.5 Å². The molecular weight excluding hydrogens is 319 g/mol. The van der Waals surface area contributed by atoms with E-state index in [4.69, 9.17) is 0 Å². The highest BCUT2D eigenvalue weighted by Gasteiger charge is 2.10. The van der Waals surface area contributed by atoms with Crippen molar-refractivity contribution in [3.05, 3.63) is 54.6 Å². The van der Waals surface area contributed by atoms with E-state index in [1.54, 1.807) is 0 Å². The average Bonchev–Trinajstić information content (AvgIpc) is 2.55. The smallest absolute Gasteiger partial charge is 0.277 e. The van der Waals surface area contributed by atoms with Crippen LogP contribution in [0.15, 0.2) is 74.8 Å². The van der Waals surface area contributed by atoms with Gasteiger partial charge >= 0.3 is 10.2 Å². The third kappa shape index (κ3) is 5.26. The van der Waals surface area contributed by atoms with Crippen LogP contribution < -0.4 is 5.43 Å². The molecule has 0 aliphatic rings. The number of halogens is 1. The molecule has 0 aromatic heterocycles. The molecule has 0 unspecified atom stereocenters. The number of rotatable bonds is 5. The summed E-state index contributed by atoms with van der Waals surface area (Å²) < 4.78 is 34.2. The second kappa shape index (κ2) is 7.59. The molecule has 0 aliphatic carbocycles. The zero-order valence-corrected chi connectivity index (χ0v) is 13.2. The zero-order valence-electron chi connectivity index (χ0n) is 12.3. The Bertz CT molecular complexity index is 803. The summed E-state index contributed by atoms with van der Waals surface area (Å²) in [6.07, 6.45) is 0.556. The van der Waals surface area contributed by atoms with E-state index in [1.807, 2.05) is 37.3 Å². The monoisotopic (exact) mass is 334 g/mol. The highest BCUT2D eigenvalue weighted by Crippen LogP contribution is 2.18. The van der Waals surface area contributed by atoms with Gasteiger partial charge < -0.3 is 0 Å². The number of amidine groups is 1. The van der Waals surface area contributed by atoms with E-state index < -0.39 is 15.1 Å². The molecular formula is C15H15FN4O2S. The van der Waals surface area contributed by atoms with Gasteiger partial charge in [0.1, 0.15) is 0 Å². The number of nitrogens with one attached hydrogen (secondary N) is 1. The predicted octanol–water partition coefficient (Wildman–Crippen LogP) is 4.26. The van der Waals surface area contributed by atoms with Crippen molar-refractivity contribution >= 4 is 27.4 Å². The molecule has 0 saturated carbocycles. The summed E-state index contributed by atoms with van der Waals surface area (Å²) in [4.78, 5) is -0.411. The van der Waals surface area contributed by atoms with Gasteiger partial charge in [-0.1, -0.05) is 25.1 Å². The second-order valence-corrected chi connectivity index (χ2v) is 5.84. The van der Waals surface area contributed by atoms with Crippen molar-refractivity contribution < 1.29 is 12.3 Å². The van der Waals surface area contributed by atoms with Gasteiger partial charge in [-0.05, 0) is 36.4 Å². The maximum Gasteiger partial charge on any atom is 0.332 e. The molecule has 0 amide bonds. The number of benzene rings is 2. The quantitative estimate of drug-likeness (QED) is 0.291. The fourth-order valence-corrected chi connectivity index (χ4v) is 2.07. The molecule has 120 valence electrons. The van der Waals surface area contributed by atoms with Gasteiger partial charge in [0.25, 0.3) is 0 Å². The lowest BCUT2D eigenvalue weighted by atomic mass is 10.3. The van der Waals surface area contributed by atoms with E-state index in [9.17, 15) is 12.3 Å². The summed E-state index contributed by atoms with van der Waals surface area (Å²) in [6, 6.07) is 14.4. The molecule has 0 fully saturated rings. The van der Waals surface area contributed by atoms with Crippen LogP contribution in [0.5, 0.6) is 0 Å². The van der Waals surface area contributed by atoms with Gasteiger partial charge in [-0.3, -0.25) is 5.43 Å². The van der Waals surface area contributed by atoms with Gasteiger partial charge in [-0.25, -0.2) is 0 Å². The third-order valence-electron chi connectivity index (χ3n) is 2.80. The topological polar surface area (TPSA) is 83.2 Å². The number of hydrogen-bond acceptors (Lipinski definition) is 5. The normalized spacial score (nSPS) is 12.5. The lowest BCUT2D eigenvalue weighted by Gasteiger charge is -2.00. The van der Waals surface area contributed by atoms with Crippen LogP contribution in [-0.4, -0.2) is 14.3 Å². The van der Waals surface area contributed by atoms with E-state index in [-0.39, 0.29) is 0 Å². The van der Waals surface area contributed by atoms with Crippen LogP contribution in [0, 0.1) is 0 Å². The van der Waals surface area contributed by atoms with Gasteiger partial charge in [-0.15, -0.1) is 14.1 Å². The number of anilines is 1. The first kappa shape index (κ1) is 16.8. The maximum absolute atomic E-state index is 12.8. The number of para-hydroxylation sites is 1. The predicted molar refractivity (Wildman–Crippen MR) is 87.0 cm³/mol. The van der Waals surface area contributed by atoms with Crippen molar-refractivity contribution in [2.24, 2.45) is 15.3 Å². The van der Waals surface area contributed by atoms with Gasteiger partial charge in [0.15, 0.2) is 5.84 Å². The first-order valence-corrected chi connectivity index (χ1v) is 8.21. The highest BCUT2D eigenvalue weighted by molar-refractivity contribution is 7.86. The second-order valence-electron chi connectivity index (χ2n) is 4.49. The minimum atomic E-state index is -4.70. The van der Waals surface area contributed by atoms with E-state index in [2.05, 4.69) is 20.8 Å². The van der Waals surface area contributed by atoms with Crippen LogP contribution in [0.1, 0.15) is 13.3 Å². The molecule has 0 spiro atoms. The standard InChI is InChI=1S/C15H15FN4O2S/c1-2-15(19-17-12-6-4-3-5-7-12)20-18-13-8-10-14(11-9-13)23(16,21)22/h3-11,17H,2H2,1H3. The molecule has 0 aliphatic heterocycles. The number of azo groups is 1. The minimum Gasteiger partial charge on any atom is -0.277 e. The fraction of sp³-hybridized carbons (Fsp3) is 0.133. The molecule has 6 nitrogen and oxygen atoms in total. The minimum absolute atomic E-state index is 0.401. The zero-order chi connectivity index (χ0) is 16.7. The summed E-state index contributed by atoms with van der Waals surface area (Å²) in [5.74, 6) is 0.469. The Hall–Kier alpha value is -2.61. The van der Waals surface area contributed by atoms with Crippen molar-refractivity contribution in [3.8, 4) is 0 Å². The number of hydrogen-bond donors (Lipinski definition) is 1. The van der Waals surface area contributed by atoms with Crippen molar-refractivity contribution in [2.45, 2.75) is 18.2 Å². The molecule has 2 aromatic rings. The summed E-state index contributed by atoms with van der Waals surface area (Å²) in [5, 5.41) is 12.1. The van der Waals surface area contributed by atoms with E-state index >= 15 is 0 Å². The molecule has 0 bridgehead atoms. The van der Waals surface area contributed by atoms with Crippen LogP contribution in [0.2, 0.25) is 0 Å². The molecule has 2 aromatic carbocycles. The van der Waals surface area contributed by atoms with Gasteiger partial charge in [0.2, 0.25) is 0 Å². The largest absolute Gasteiger partial charge is 0.332 e. The van der Waals surface area contributed by atoms with Gasteiger partial charge in [0.05, 0.1) is 16.3 Å². The Balaban J connectivity index is 2.07. The first-order valence-electron chi connectivity index (χ1n) is 6.83. The molecule has 0 atom stereocenters. The molecule has 0 heterocycles. The molecule has 23 heavy (non-hydrogen) atoms. The number of nitrogens with zero attached hydrogens (tertiary/aromatic N) is 3. The van der Waals surface area contributed by atoms with Crippen LogP contribution in [-0.2, 0) is 10.2 Å². The Morgan fingerprint density at radius 2 is 1.74 bits per heavy atom. The molecule has 8 heteroatoms. The summed E-state index contributed by atoms with van der Waals surface area (Å²) in [5.41, 5.74) is 4.09. The SMILES string of the molecule is CCC(N=Nc1ccc(S(=O)(=O)F)cc1)=NNc1ccccc1. The fourth-order valence-electron chi connectivity index (χ4n) is 1.60. The molecule has 1 N–H and O–H groups in total. The Labute approximate surface area is 134 Å². The van der Waals surface area contributed by atoms with Crippen molar-refractivity contribution in [1.29, 1.82) is 0 Å². The van der Waals surface area contributed by atoms with Crippen LogP contribution in [0.25, 0.3) is 0 Å². The summed E-state index contributed by atoms with van der Waals surface area (Å²) in [7, 11) is -4.70. The van der Waals surface area contributed by atoms with Crippen LogP contribution in [0.3, 0.4) is 0 Å². The Morgan fingerprint density at radius 3 is 2.30 bits per heavy atom. The van der Waals surface area contributed by atoms with E-state index in [0.717, 1.165) is 17.8 Å². The summed E-state index contributed by atoms with van der Waals surface area (Å²) >= 11 is 0. The van der Waals surface area contributed by atoms with Gasteiger partial charge in [0, 0.05) is 6.42 Å². The third-order valence-corrected chi connectivity index (χ3v) is 3.64. The Kier molecular flexibility index (Phi) is 5.53. The molecule has 2 rings (SSSR count). The van der Waals surface area contributed by atoms with Crippen LogP contribution in [0.4, 0.5) is 15.3 Å². The molecule has 0 radical (unpaired) electrons. The van der Waals surface area contributed by atoms with Crippen molar-refractivity contribution in [3.63, 3.8) is 0 Å². The Morgan fingerprint density at radius 1 is 1.09 bits per heavy atom. The van der Waals surface area contributed by atoms with E-state index in [0.29, 0.717) is 17.9 Å². The number of hydrazone groups is 1. The highest BCUT2D eigenvalue weighted by atomic mass is 32.3. The lowest BCUT2D eigenvalue weighted by Crippen LogP contribution is -1.97. The summed E-state index contributed by atoms with van der Waals surface area (Å²) in [6.45, 7) is 1.88. The lowest BCUT2D eigenvalue weighted by molar-refractivity contribution is 0.552. The first-order chi connectivity index (χ1) is 11.0.